The summed E-state index contributed by atoms with van der Waals surface area (Å²) in [6, 6.07) is 22.6. The van der Waals surface area contributed by atoms with Crippen molar-refractivity contribution in [3.8, 4) is 5.69 Å². The van der Waals surface area contributed by atoms with Crippen molar-refractivity contribution in [3.05, 3.63) is 107 Å². The van der Waals surface area contributed by atoms with Crippen molar-refractivity contribution in [3.63, 3.8) is 0 Å². The van der Waals surface area contributed by atoms with Crippen LogP contribution >= 0.6 is 12.2 Å². The number of thiocarbonyl (C=S) groups is 1. The van der Waals surface area contributed by atoms with Gasteiger partial charge in [0.1, 0.15) is 6.61 Å². The fourth-order valence-corrected chi connectivity index (χ4v) is 5.68. The van der Waals surface area contributed by atoms with E-state index in [4.69, 9.17) is 21.7 Å². The third kappa shape index (κ3) is 5.57. The SMILES string of the molecule is COCC(=O)Nc1ccc(N2C(=S)N[C@@H](c3ccccn3)[C@H]2c2cc(C)n(-c3ccc(C(=O)OC)cc3)c2C)cc1. The molecule has 0 spiro atoms. The Balaban J connectivity index is 1.56. The Morgan fingerprint density at radius 2 is 1.71 bits per heavy atom. The molecule has 1 amide bonds. The number of nitrogens with zero attached hydrogens (tertiary/aromatic N) is 3. The largest absolute Gasteiger partial charge is 0.465 e. The van der Waals surface area contributed by atoms with Crippen LogP contribution in [0, 0.1) is 13.8 Å². The Labute approximate surface area is 244 Å². The Morgan fingerprint density at radius 1 is 1.00 bits per heavy atom. The summed E-state index contributed by atoms with van der Waals surface area (Å²) in [6.45, 7) is 4.12. The van der Waals surface area contributed by atoms with E-state index in [1.807, 2.05) is 54.6 Å². The number of esters is 1. The number of rotatable bonds is 8. The average molecular weight is 570 g/mol. The molecule has 2 aromatic carbocycles. The number of amides is 1. The van der Waals surface area contributed by atoms with E-state index in [0.29, 0.717) is 16.4 Å². The van der Waals surface area contributed by atoms with Gasteiger partial charge in [-0.05, 0) is 98.4 Å². The van der Waals surface area contributed by atoms with Gasteiger partial charge in [0, 0.05) is 41.8 Å². The molecule has 1 saturated heterocycles. The van der Waals surface area contributed by atoms with Crippen LogP contribution in [0.2, 0.25) is 0 Å². The Bertz CT molecular complexity index is 1570. The molecule has 2 N–H and O–H groups in total. The number of hydrogen-bond acceptors (Lipinski definition) is 6. The second-order valence-electron chi connectivity index (χ2n) is 9.73. The summed E-state index contributed by atoms with van der Waals surface area (Å²) >= 11 is 5.89. The van der Waals surface area contributed by atoms with Gasteiger partial charge in [0.25, 0.3) is 0 Å². The molecule has 5 rings (SSSR count). The van der Waals surface area contributed by atoms with E-state index in [-0.39, 0.29) is 30.6 Å². The maximum absolute atomic E-state index is 12.0. The highest BCUT2D eigenvalue weighted by Gasteiger charge is 2.42. The van der Waals surface area contributed by atoms with Gasteiger partial charge in [0.05, 0.1) is 30.5 Å². The number of methoxy groups -OCH3 is 2. The molecule has 41 heavy (non-hydrogen) atoms. The van der Waals surface area contributed by atoms with Crippen molar-refractivity contribution in [1.29, 1.82) is 0 Å². The molecule has 0 unspecified atom stereocenters. The summed E-state index contributed by atoms with van der Waals surface area (Å²) in [6.07, 6.45) is 1.78. The molecule has 4 aromatic rings. The second kappa shape index (κ2) is 11.9. The zero-order chi connectivity index (χ0) is 29.1. The highest BCUT2D eigenvalue weighted by Crippen LogP contribution is 2.44. The van der Waals surface area contributed by atoms with Crippen molar-refractivity contribution in [1.82, 2.24) is 14.9 Å². The van der Waals surface area contributed by atoms with Gasteiger partial charge in [0.15, 0.2) is 5.11 Å². The fraction of sp³-hybridized carbons (Fsp3) is 0.226. The number of anilines is 2. The maximum Gasteiger partial charge on any atom is 0.337 e. The number of nitrogens with one attached hydrogen (secondary N) is 2. The van der Waals surface area contributed by atoms with Gasteiger partial charge < -0.3 is 29.6 Å². The summed E-state index contributed by atoms with van der Waals surface area (Å²) in [5.74, 6) is -0.597. The number of pyridine rings is 1. The maximum atomic E-state index is 12.0. The van der Waals surface area contributed by atoms with Gasteiger partial charge in [-0.25, -0.2) is 4.79 Å². The second-order valence-corrected chi connectivity index (χ2v) is 10.1. The number of aryl methyl sites for hydroxylation is 1. The Morgan fingerprint density at radius 3 is 2.34 bits per heavy atom. The molecule has 10 heteroatoms. The molecule has 2 aromatic heterocycles. The third-order valence-corrected chi connectivity index (χ3v) is 7.45. The minimum atomic E-state index is -0.373. The number of aromatic nitrogens is 2. The zero-order valence-corrected chi connectivity index (χ0v) is 24.1. The lowest BCUT2D eigenvalue weighted by Crippen LogP contribution is -2.29. The number of carbonyl (C=O) groups is 2. The highest BCUT2D eigenvalue weighted by molar-refractivity contribution is 7.80. The molecule has 2 atom stereocenters. The van der Waals surface area contributed by atoms with Gasteiger partial charge in [-0.15, -0.1) is 0 Å². The molecule has 0 saturated carbocycles. The topological polar surface area (TPSA) is 97.7 Å². The Kier molecular flexibility index (Phi) is 8.14. The van der Waals surface area contributed by atoms with Crippen LogP contribution in [0.3, 0.4) is 0 Å². The summed E-state index contributed by atoms with van der Waals surface area (Å²) < 4.78 is 11.9. The van der Waals surface area contributed by atoms with E-state index in [0.717, 1.165) is 34.0 Å². The quantitative estimate of drug-likeness (QED) is 0.225. The van der Waals surface area contributed by atoms with Crippen LogP contribution in [0.25, 0.3) is 5.69 Å². The number of ether oxygens (including phenoxy) is 2. The van der Waals surface area contributed by atoms with Gasteiger partial charge in [0.2, 0.25) is 5.91 Å². The smallest absolute Gasteiger partial charge is 0.337 e. The standard InChI is InChI=1S/C31H31N5O4S/c1-19-17-25(20(2)35(19)23-12-8-21(9-13-23)30(38)40-4)29-28(26-7-5-6-16-32-26)34-31(41)36(29)24-14-10-22(11-15-24)33-27(37)18-39-3/h5-17,28-29H,18H2,1-4H3,(H,33,37)(H,34,41)/t28-,29+/m0/s1. The number of carbonyl (C=O) groups excluding carboxylic acids is 2. The zero-order valence-electron chi connectivity index (χ0n) is 23.3. The summed E-state index contributed by atoms with van der Waals surface area (Å²) in [7, 11) is 2.86. The van der Waals surface area contributed by atoms with Crippen molar-refractivity contribution < 1.29 is 19.1 Å². The van der Waals surface area contributed by atoms with Crippen molar-refractivity contribution in [2.24, 2.45) is 0 Å². The molecule has 1 aliphatic rings. The van der Waals surface area contributed by atoms with E-state index in [1.54, 1.807) is 18.3 Å². The molecule has 9 nitrogen and oxygen atoms in total. The van der Waals surface area contributed by atoms with E-state index < -0.39 is 0 Å². The molecule has 3 heterocycles. The first-order valence-corrected chi connectivity index (χ1v) is 13.5. The molecule has 210 valence electrons. The lowest BCUT2D eigenvalue weighted by molar-refractivity contribution is -0.119. The molecule has 1 fully saturated rings. The first-order valence-electron chi connectivity index (χ1n) is 13.1. The van der Waals surface area contributed by atoms with Crippen LogP contribution in [-0.2, 0) is 14.3 Å². The van der Waals surface area contributed by atoms with Crippen molar-refractivity contribution >= 4 is 40.6 Å². The number of benzene rings is 2. The average Bonchev–Trinajstić information content (AvgIpc) is 3.48. The predicted octanol–water partition coefficient (Wildman–Crippen LogP) is 5.04. The molecule has 0 radical (unpaired) electrons. The van der Waals surface area contributed by atoms with Crippen molar-refractivity contribution in [2.45, 2.75) is 25.9 Å². The van der Waals surface area contributed by atoms with E-state index in [9.17, 15) is 9.59 Å². The highest BCUT2D eigenvalue weighted by atomic mass is 32.1. The first kappa shape index (κ1) is 28.0. The minimum absolute atomic E-state index is 0.0171. The summed E-state index contributed by atoms with van der Waals surface area (Å²) in [4.78, 5) is 30.7. The van der Waals surface area contributed by atoms with Crippen LogP contribution in [0.1, 0.15) is 45.1 Å². The molecular formula is C31H31N5O4S. The molecule has 0 bridgehead atoms. The fourth-order valence-electron chi connectivity index (χ4n) is 5.33. The molecule has 0 aliphatic carbocycles. The summed E-state index contributed by atoms with van der Waals surface area (Å²) in [5, 5.41) is 6.91. The predicted molar refractivity (Wildman–Crippen MR) is 161 cm³/mol. The lowest BCUT2D eigenvalue weighted by atomic mass is 9.96. The van der Waals surface area contributed by atoms with Gasteiger partial charge >= 0.3 is 5.97 Å². The molecule has 1 aliphatic heterocycles. The first-order chi connectivity index (χ1) is 19.8. The van der Waals surface area contributed by atoms with Gasteiger partial charge in [-0.3, -0.25) is 9.78 Å². The normalized spacial score (nSPS) is 16.4. The minimum Gasteiger partial charge on any atom is -0.465 e. The van der Waals surface area contributed by atoms with Gasteiger partial charge in [-0.1, -0.05) is 6.07 Å². The van der Waals surface area contributed by atoms with Crippen LogP contribution in [0.4, 0.5) is 11.4 Å². The van der Waals surface area contributed by atoms with E-state index >= 15 is 0 Å². The number of hydrogen-bond donors (Lipinski definition) is 2. The van der Waals surface area contributed by atoms with Crippen molar-refractivity contribution in [2.75, 3.05) is 31.0 Å². The van der Waals surface area contributed by atoms with E-state index in [2.05, 4.69) is 45.0 Å². The van der Waals surface area contributed by atoms with Crippen LogP contribution < -0.4 is 15.5 Å². The third-order valence-electron chi connectivity index (χ3n) is 7.14. The van der Waals surface area contributed by atoms with Crippen LogP contribution in [0.5, 0.6) is 0 Å². The lowest BCUT2D eigenvalue weighted by Gasteiger charge is -2.28. The van der Waals surface area contributed by atoms with E-state index in [1.165, 1.54) is 14.2 Å². The monoisotopic (exact) mass is 569 g/mol. The summed E-state index contributed by atoms with van der Waals surface area (Å²) in [5.41, 5.74) is 7.01. The Hall–Kier alpha value is -4.54. The molecular weight excluding hydrogens is 538 g/mol. The van der Waals surface area contributed by atoms with Crippen LogP contribution in [-0.4, -0.2) is 47.4 Å². The van der Waals surface area contributed by atoms with Gasteiger partial charge in [-0.2, -0.15) is 0 Å². The van der Waals surface area contributed by atoms with Crippen LogP contribution in [0.15, 0.2) is 79.0 Å².